The predicted octanol–water partition coefficient (Wildman–Crippen LogP) is 3.87. The molecule has 138 valence electrons. The number of thiophene rings is 1. The first kappa shape index (κ1) is 17.7. The molecule has 1 N–H and O–H groups in total. The molecule has 0 spiro atoms. The van der Waals surface area contributed by atoms with E-state index in [4.69, 9.17) is 4.74 Å². The van der Waals surface area contributed by atoms with Crippen LogP contribution >= 0.6 is 22.7 Å². The number of hydrogen-bond donors (Lipinski definition) is 1. The van der Waals surface area contributed by atoms with Gasteiger partial charge in [0.05, 0.1) is 29.3 Å². The molecule has 1 aliphatic rings. The normalized spacial score (nSPS) is 16.6. The standard InChI is InChI=1S/C19H17N3O3S2/c1-25-15-6-3-2-5-14(15)22-10-12(9-17(22)23)18(24)21-19-20-13(11-27-19)16-7-4-8-26-16/h2-8,11-12H,9-10H2,1H3,(H,20,21,24). The van der Waals surface area contributed by atoms with Crippen molar-refractivity contribution in [2.24, 2.45) is 5.92 Å². The Balaban J connectivity index is 1.45. The van der Waals surface area contributed by atoms with Crippen LogP contribution in [0.15, 0.2) is 47.2 Å². The minimum atomic E-state index is -0.420. The summed E-state index contributed by atoms with van der Waals surface area (Å²) in [7, 11) is 1.57. The zero-order valence-corrected chi connectivity index (χ0v) is 16.2. The number of nitrogens with one attached hydrogen (secondary N) is 1. The zero-order valence-electron chi connectivity index (χ0n) is 14.5. The molecule has 0 radical (unpaired) electrons. The molecule has 3 aromatic rings. The van der Waals surface area contributed by atoms with Crippen molar-refractivity contribution in [1.82, 2.24) is 4.98 Å². The van der Waals surface area contributed by atoms with E-state index in [-0.39, 0.29) is 18.2 Å². The maximum Gasteiger partial charge on any atom is 0.231 e. The minimum absolute atomic E-state index is 0.0851. The number of hydrogen-bond acceptors (Lipinski definition) is 6. The molecule has 27 heavy (non-hydrogen) atoms. The summed E-state index contributed by atoms with van der Waals surface area (Å²) in [5, 5.41) is 7.31. The topological polar surface area (TPSA) is 71.5 Å². The average Bonchev–Trinajstić information content (AvgIpc) is 3.42. The van der Waals surface area contributed by atoms with Gasteiger partial charge in [0.25, 0.3) is 0 Å². The number of methoxy groups -OCH3 is 1. The number of benzene rings is 1. The highest BCUT2D eigenvalue weighted by Gasteiger charge is 2.36. The van der Waals surface area contributed by atoms with Gasteiger partial charge in [-0.3, -0.25) is 9.59 Å². The quantitative estimate of drug-likeness (QED) is 0.707. The average molecular weight is 399 g/mol. The van der Waals surface area contributed by atoms with E-state index in [1.54, 1.807) is 29.4 Å². The Bertz CT molecular complexity index is 968. The molecule has 0 aliphatic carbocycles. The van der Waals surface area contributed by atoms with E-state index in [1.807, 2.05) is 41.1 Å². The van der Waals surface area contributed by atoms with Crippen LogP contribution in [0.3, 0.4) is 0 Å². The van der Waals surface area contributed by atoms with Gasteiger partial charge < -0.3 is 15.0 Å². The van der Waals surface area contributed by atoms with E-state index in [0.717, 1.165) is 10.6 Å². The molecule has 1 fully saturated rings. The van der Waals surface area contributed by atoms with Crippen molar-refractivity contribution in [3.8, 4) is 16.3 Å². The molecule has 0 saturated carbocycles. The predicted molar refractivity (Wildman–Crippen MR) is 108 cm³/mol. The molecule has 1 saturated heterocycles. The van der Waals surface area contributed by atoms with Crippen LogP contribution in [0.2, 0.25) is 0 Å². The second kappa shape index (κ2) is 7.50. The number of ether oxygens (including phenoxy) is 1. The van der Waals surface area contributed by atoms with Gasteiger partial charge in [-0.05, 0) is 23.6 Å². The van der Waals surface area contributed by atoms with Crippen molar-refractivity contribution < 1.29 is 14.3 Å². The Morgan fingerprint density at radius 1 is 1.26 bits per heavy atom. The van der Waals surface area contributed by atoms with E-state index in [9.17, 15) is 9.59 Å². The van der Waals surface area contributed by atoms with Crippen molar-refractivity contribution in [1.29, 1.82) is 0 Å². The van der Waals surface area contributed by atoms with Crippen LogP contribution in [0.25, 0.3) is 10.6 Å². The lowest BCUT2D eigenvalue weighted by Gasteiger charge is -2.19. The van der Waals surface area contributed by atoms with Crippen molar-refractivity contribution in [3.63, 3.8) is 0 Å². The largest absolute Gasteiger partial charge is 0.495 e. The summed E-state index contributed by atoms with van der Waals surface area (Å²) in [4.78, 5) is 32.2. The molecule has 8 heteroatoms. The lowest BCUT2D eigenvalue weighted by Crippen LogP contribution is -2.28. The van der Waals surface area contributed by atoms with E-state index >= 15 is 0 Å². The van der Waals surface area contributed by atoms with Gasteiger partial charge in [-0.15, -0.1) is 22.7 Å². The van der Waals surface area contributed by atoms with Gasteiger partial charge in [0.15, 0.2) is 5.13 Å². The van der Waals surface area contributed by atoms with E-state index in [2.05, 4.69) is 10.3 Å². The summed E-state index contributed by atoms with van der Waals surface area (Å²) < 4.78 is 5.33. The molecule has 4 rings (SSSR count). The number of anilines is 2. The first-order chi connectivity index (χ1) is 13.2. The second-order valence-corrected chi connectivity index (χ2v) is 7.89. The molecule has 1 aliphatic heterocycles. The van der Waals surface area contributed by atoms with Crippen molar-refractivity contribution in [2.45, 2.75) is 6.42 Å². The molecule has 1 aromatic carbocycles. The number of aromatic nitrogens is 1. The number of para-hydroxylation sites is 2. The zero-order chi connectivity index (χ0) is 18.8. The van der Waals surface area contributed by atoms with Gasteiger partial charge in [0.1, 0.15) is 5.75 Å². The summed E-state index contributed by atoms with van der Waals surface area (Å²) >= 11 is 2.99. The molecule has 2 amide bonds. The van der Waals surface area contributed by atoms with Crippen LogP contribution in [0.1, 0.15) is 6.42 Å². The highest BCUT2D eigenvalue weighted by Crippen LogP contribution is 2.33. The Morgan fingerprint density at radius 3 is 2.89 bits per heavy atom. The Labute approximate surface area is 164 Å². The summed E-state index contributed by atoms with van der Waals surface area (Å²) in [5.74, 6) is -0.0742. The van der Waals surface area contributed by atoms with Gasteiger partial charge >= 0.3 is 0 Å². The summed E-state index contributed by atoms with van der Waals surface area (Å²) in [6.45, 7) is 0.328. The molecular formula is C19H17N3O3S2. The number of carbonyl (C=O) groups excluding carboxylic acids is 2. The number of amides is 2. The molecule has 0 bridgehead atoms. The highest BCUT2D eigenvalue weighted by molar-refractivity contribution is 7.16. The smallest absolute Gasteiger partial charge is 0.231 e. The highest BCUT2D eigenvalue weighted by atomic mass is 32.1. The van der Waals surface area contributed by atoms with Gasteiger partial charge in [0.2, 0.25) is 11.8 Å². The molecule has 2 aromatic heterocycles. The van der Waals surface area contributed by atoms with Crippen molar-refractivity contribution >= 4 is 45.3 Å². The maximum atomic E-state index is 12.6. The van der Waals surface area contributed by atoms with E-state index in [1.165, 1.54) is 11.3 Å². The summed E-state index contributed by atoms with van der Waals surface area (Å²) in [6, 6.07) is 11.3. The Kier molecular flexibility index (Phi) is 4.91. The van der Waals surface area contributed by atoms with Gasteiger partial charge in [-0.1, -0.05) is 18.2 Å². The maximum absolute atomic E-state index is 12.6. The van der Waals surface area contributed by atoms with Crippen LogP contribution in [-0.2, 0) is 9.59 Å². The number of carbonyl (C=O) groups is 2. The fourth-order valence-corrected chi connectivity index (χ4v) is 4.52. The van der Waals surface area contributed by atoms with Crippen LogP contribution < -0.4 is 15.0 Å². The molecule has 3 heterocycles. The molecular weight excluding hydrogens is 382 g/mol. The van der Waals surface area contributed by atoms with Crippen LogP contribution in [0.4, 0.5) is 10.8 Å². The fourth-order valence-electron chi connectivity index (χ4n) is 3.04. The monoisotopic (exact) mass is 399 g/mol. The van der Waals surface area contributed by atoms with Crippen LogP contribution in [0, 0.1) is 5.92 Å². The number of thiazole rings is 1. The minimum Gasteiger partial charge on any atom is -0.495 e. The van der Waals surface area contributed by atoms with Crippen LogP contribution in [-0.4, -0.2) is 30.5 Å². The lowest BCUT2D eigenvalue weighted by atomic mass is 10.1. The Morgan fingerprint density at radius 2 is 2.11 bits per heavy atom. The van der Waals surface area contributed by atoms with E-state index < -0.39 is 5.92 Å². The third kappa shape index (κ3) is 3.58. The SMILES string of the molecule is COc1ccccc1N1CC(C(=O)Nc2nc(-c3cccs3)cs2)CC1=O. The third-order valence-electron chi connectivity index (χ3n) is 4.38. The van der Waals surface area contributed by atoms with Gasteiger partial charge in [0, 0.05) is 18.3 Å². The first-order valence-electron chi connectivity index (χ1n) is 8.39. The Hall–Kier alpha value is -2.71. The third-order valence-corrected chi connectivity index (χ3v) is 6.03. The second-order valence-electron chi connectivity index (χ2n) is 6.08. The molecule has 1 atom stereocenters. The fraction of sp³-hybridized carbons (Fsp3) is 0.211. The molecule has 1 unspecified atom stereocenters. The lowest BCUT2D eigenvalue weighted by molar-refractivity contribution is -0.122. The number of nitrogens with zero attached hydrogens (tertiary/aromatic N) is 2. The van der Waals surface area contributed by atoms with Crippen molar-refractivity contribution in [2.75, 3.05) is 23.9 Å². The van der Waals surface area contributed by atoms with Gasteiger partial charge in [-0.25, -0.2) is 4.98 Å². The van der Waals surface area contributed by atoms with Gasteiger partial charge in [-0.2, -0.15) is 0 Å². The van der Waals surface area contributed by atoms with Crippen LogP contribution in [0.5, 0.6) is 5.75 Å². The number of rotatable bonds is 5. The summed E-state index contributed by atoms with van der Waals surface area (Å²) in [5.41, 5.74) is 1.54. The van der Waals surface area contributed by atoms with E-state index in [0.29, 0.717) is 23.1 Å². The summed E-state index contributed by atoms with van der Waals surface area (Å²) in [6.07, 6.45) is 0.174. The first-order valence-corrected chi connectivity index (χ1v) is 10.2. The molecule has 6 nitrogen and oxygen atoms in total. The van der Waals surface area contributed by atoms with Crippen molar-refractivity contribution in [3.05, 3.63) is 47.2 Å².